The van der Waals surface area contributed by atoms with Gasteiger partial charge in [-0.1, -0.05) is 12.1 Å². The molecule has 4 nitrogen and oxygen atoms in total. The standard InChI is InChI=1S/C12H15N3OS/c1-8(2)14-11(16)7-13-12-9-5-3-4-6-10(9)15-17-12/h3-6,8,13H,7H2,1-2H3,(H,14,16). The third kappa shape index (κ3) is 2.94. The second-order valence-electron chi connectivity index (χ2n) is 4.10. The number of carbonyl (C=O) groups excluding carboxylic acids is 1. The van der Waals surface area contributed by atoms with Gasteiger partial charge >= 0.3 is 0 Å². The normalized spacial score (nSPS) is 10.8. The lowest BCUT2D eigenvalue weighted by atomic mass is 10.2. The Morgan fingerprint density at radius 2 is 2.18 bits per heavy atom. The number of rotatable bonds is 4. The quantitative estimate of drug-likeness (QED) is 0.873. The van der Waals surface area contributed by atoms with Gasteiger partial charge in [0.1, 0.15) is 5.00 Å². The molecule has 2 N–H and O–H groups in total. The van der Waals surface area contributed by atoms with Crippen LogP contribution in [0.5, 0.6) is 0 Å². The van der Waals surface area contributed by atoms with E-state index in [-0.39, 0.29) is 18.5 Å². The van der Waals surface area contributed by atoms with Gasteiger partial charge in [0, 0.05) is 11.4 Å². The highest BCUT2D eigenvalue weighted by molar-refractivity contribution is 7.11. The zero-order valence-electron chi connectivity index (χ0n) is 9.86. The number of fused-ring (bicyclic) bond motifs is 1. The number of aromatic nitrogens is 1. The minimum absolute atomic E-state index is 0.00233. The number of nitrogens with one attached hydrogen (secondary N) is 2. The second kappa shape index (κ2) is 5.14. The predicted octanol–water partition coefficient (Wildman–Crippen LogP) is 2.23. The third-order valence-electron chi connectivity index (χ3n) is 2.24. The summed E-state index contributed by atoms with van der Waals surface area (Å²) in [7, 11) is 0. The Labute approximate surface area is 104 Å². The molecule has 90 valence electrons. The van der Waals surface area contributed by atoms with E-state index in [1.165, 1.54) is 11.5 Å². The van der Waals surface area contributed by atoms with Crippen molar-refractivity contribution in [2.24, 2.45) is 0 Å². The molecule has 0 aliphatic rings. The summed E-state index contributed by atoms with van der Waals surface area (Å²) in [5, 5.41) is 7.96. The monoisotopic (exact) mass is 249 g/mol. The Hall–Kier alpha value is -1.62. The summed E-state index contributed by atoms with van der Waals surface area (Å²) in [6.45, 7) is 4.17. The molecule has 1 aromatic carbocycles. The molecule has 0 bridgehead atoms. The Kier molecular flexibility index (Phi) is 3.58. The average molecular weight is 249 g/mol. The lowest BCUT2D eigenvalue weighted by Gasteiger charge is -2.08. The number of hydrogen-bond acceptors (Lipinski definition) is 4. The molecule has 0 saturated carbocycles. The van der Waals surface area contributed by atoms with Gasteiger partial charge in [-0.15, -0.1) is 0 Å². The second-order valence-corrected chi connectivity index (χ2v) is 4.88. The van der Waals surface area contributed by atoms with E-state index in [2.05, 4.69) is 15.0 Å². The molecule has 5 heteroatoms. The van der Waals surface area contributed by atoms with E-state index in [4.69, 9.17) is 0 Å². The zero-order chi connectivity index (χ0) is 12.3. The molecule has 0 unspecified atom stereocenters. The van der Waals surface area contributed by atoms with E-state index in [0.717, 1.165) is 15.9 Å². The van der Waals surface area contributed by atoms with Crippen molar-refractivity contribution in [2.75, 3.05) is 11.9 Å². The first-order chi connectivity index (χ1) is 8.16. The minimum Gasteiger partial charge on any atom is -0.366 e. The van der Waals surface area contributed by atoms with Crippen molar-refractivity contribution >= 4 is 33.3 Å². The lowest BCUT2D eigenvalue weighted by molar-refractivity contribution is -0.119. The first-order valence-electron chi connectivity index (χ1n) is 5.54. The minimum atomic E-state index is -0.00233. The van der Waals surface area contributed by atoms with Crippen molar-refractivity contribution in [1.82, 2.24) is 9.69 Å². The maximum Gasteiger partial charge on any atom is 0.239 e. The van der Waals surface area contributed by atoms with E-state index in [0.29, 0.717) is 0 Å². The van der Waals surface area contributed by atoms with Crippen LogP contribution in [0.25, 0.3) is 10.9 Å². The molecule has 0 aliphatic carbocycles. The van der Waals surface area contributed by atoms with Gasteiger partial charge in [-0.25, -0.2) is 0 Å². The summed E-state index contributed by atoms with van der Waals surface area (Å²) < 4.78 is 4.30. The smallest absolute Gasteiger partial charge is 0.239 e. The summed E-state index contributed by atoms with van der Waals surface area (Å²) in [5.74, 6) is -0.00233. The highest BCUT2D eigenvalue weighted by Crippen LogP contribution is 2.26. The van der Waals surface area contributed by atoms with E-state index in [9.17, 15) is 4.79 Å². The Bertz CT molecular complexity index is 521. The van der Waals surface area contributed by atoms with E-state index < -0.39 is 0 Å². The van der Waals surface area contributed by atoms with Crippen molar-refractivity contribution in [2.45, 2.75) is 19.9 Å². The van der Waals surface area contributed by atoms with Crippen molar-refractivity contribution in [3.05, 3.63) is 24.3 Å². The molecule has 0 radical (unpaired) electrons. The van der Waals surface area contributed by atoms with Gasteiger partial charge in [-0.3, -0.25) is 4.79 Å². The molecule has 17 heavy (non-hydrogen) atoms. The number of amides is 1. The van der Waals surface area contributed by atoms with Crippen molar-refractivity contribution in [1.29, 1.82) is 0 Å². The van der Waals surface area contributed by atoms with E-state index in [1.54, 1.807) is 0 Å². The summed E-state index contributed by atoms with van der Waals surface area (Å²) in [6, 6.07) is 8.06. The Morgan fingerprint density at radius 1 is 1.41 bits per heavy atom. The van der Waals surface area contributed by atoms with Gasteiger partial charge in [0.05, 0.1) is 12.1 Å². The summed E-state index contributed by atoms with van der Waals surface area (Å²) in [5.41, 5.74) is 0.962. The van der Waals surface area contributed by atoms with Gasteiger partial charge in [0.25, 0.3) is 0 Å². The van der Waals surface area contributed by atoms with Crippen LogP contribution in [0.4, 0.5) is 5.00 Å². The SMILES string of the molecule is CC(C)NC(=O)CNc1snc2ccccc12. The lowest BCUT2D eigenvalue weighted by Crippen LogP contribution is -2.34. The molecule has 2 rings (SSSR count). The van der Waals surface area contributed by atoms with Crippen molar-refractivity contribution in [3.63, 3.8) is 0 Å². The maximum absolute atomic E-state index is 11.5. The Balaban J connectivity index is 2.02. The fourth-order valence-electron chi connectivity index (χ4n) is 1.55. The third-order valence-corrected chi connectivity index (χ3v) is 3.08. The molecule has 0 saturated heterocycles. The molecule has 1 heterocycles. The Morgan fingerprint density at radius 3 is 2.94 bits per heavy atom. The van der Waals surface area contributed by atoms with Crippen LogP contribution in [0, 0.1) is 0 Å². The van der Waals surface area contributed by atoms with Crippen LogP contribution in [0.1, 0.15) is 13.8 Å². The molecule has 2 aromatic rings. The summed E-state index contributed by atoms with van der Waals surface area (Å²) >= 11 is 1.38. The number of carbonyl (C=O) groups is 1. The molecule has 0 fully saturated rings. The van der Waals surface area contributed by atoms with E-state index in [1.807, 2.05) is 38.1 Å². The number of nitrogens with zero attached hydrogens (tertiary/aromatic N) is 1. The molecule has 0 atom stereocenters. The predicted molar refractivity (Wildman–Crippen MR) is 71.4 cm³/mol. The van der Waals surface area contributed by atoms with Gasteiger partial charge < -0.3 is 10.6 Å². The summed E-state index contributed by atoms with van der Waals surface area (Å²) in [4.78, 5) is 11.5. The highest BCUT2D eigenvalue weighted by atomic mass is 32.1. The average Bonchev–Trinajstić information content (AvgIpc) is 2.69. The first kappa shape index (κ1) is 11.9. The zero-order valence-corrected chi connectivity index (χ0v) is 10.7. The first-order valence-corrected chi connectivity index (χ1v) is 6.32. The number of benzene rings is 1. The topological polar surface area (TPSA) is 54.0 Å². The van der Waals surface area contributed by atoms with Crippen LogP contribution in [0.3, 0.4) is 0 Å². The summed E-state index contributed by atoms with van der Waals surface area (Å²) in [6.07, 6.45) is 0. The maximum atomic E-state index is 11.5. The largest absolute Gasteiger partial charge is 0.366 e. The molecule has 0 aliphatic heterocycles. The molecule has 1 aromatic heterocycles. The molecule has 0 spiro atoms. The van der Waals surface area contributed by atoms with Crippen molar-refractivity contribution in [3.8, 4) is 0 Å². The van der Waals surface area contributed by atoms with Crippen LogP contribution in [0.15, 0.2) is 24.3 Å². The van der Waals surface area contributed by atoms with Crippen LogP contribution >= 0.6 is 11.5 Å². The van der Waals surface area contributed by atoms with Crippen LogP contribution in [-0.4, -0.2) is 22.9 Å². The van der Waals surface area contributed by atoms with Gasteiger partial charge in [0.2, 0.25) is 5.91 Å². The van der Waals surface area contributed by atoms with Crippen molar-refractivity contribution < 1.29 is 4.79 Å². The highest BCUT2D eigenvalue weighted by Gasteiger charge is 2.07. The number of hydrogen-bond donors (Lipinski definition) is 2. The molecular weight excluding hydrogens is 234 g/mol. The van der Waals surface area contributed by atoms with Crippen LogP contribution in [0.2, 0.25) is 0 Å². The molecule has 1 amide bonds. The van der Waals surface area contributed by atoms with Crippen LogP contribution < -0.4 is 10.6 Å². The van der Waals surface area contributed by atoms with Gasteiger partial charge in [-0.05, 0) is 37.5 Å². The fourth-order valence-corrected chi connectivity index (χ4v) is 2.31. The molecular formula is C12H15N3OS. The van der Waals surface area contributed by atoms with Gasteiger partial charge in [-0.2, -0.15) is 4.37 Å². The number of anilines is 1. The van der Waals surface area contributed by atoms with E-state index >= 15 is 0 Å². The van der Waals surface area contributed by atoms with Crippen LogP contribution in [-0.2, 0) is 4.79 Å². The fraction of sp³-hybridized carbons (Fsp3) is 0.333. The van der Waals surface area contributed by atoms with Gasteiger partial charge in [0.15, 0.2) is 0 Å².